The Labute approximate surface area is 144 Å². The van der Waals surface area contributed by atoms with Gasteiger partial charge in [0.05, 0.1) is 31.1 Å². The van der Waals surface area contributed by atoms with Crippen LogP contribution in [-0.2, 0) is 6.54 Å². The molecule has 0 saturated heterocycles. The summed E-state index contributed by atoms with van der Waals surface area (Å²) >= 11 is 5.97. The Bertz CT molecular complexity index is 846. The first-order chi connectivity index (χ1) is 11.7. The van der Waals surface area contributed by atoms with Gasteiger partial charge in [-0.3, -0.25) is 9.48 Å². The number of aromatic nitrogens is 2. The van der Waals surface area contributed by atoms with Crippen molar-refractivity contribution in [2.75, 3.05) is 12.4 Å². The predicted molar refractivity (Wildman–Crippen MR) is 93.7 cm³/mol. The second-order valence-electron chi connectivity index (χ2n) is 5.21. The molecule has 0 aliphatic rings. The van der Waals surface area contributed by atoms with Crippen molar-refractivity contribution in [3.05, 3.63) is 77.1 Å². The number of halogens is 1. The molecular weight excluding hydrogens is 326 g/mol. The van der Waals surface area contributed by atoms with Crippen LogP contribution in [0.25, 0.3) is 0 Å². The van der Waals surface area contributed by atoms with Crippen molar-refractivity contribution in [1.82, 2.24) is 9.78 Å². The highest BCUT2D eigenvalue weighted by molar-refractivity contribution is 6.31. The summed E-state index contributed by atoms with van der Waals surface area (Å²) in [5.74, 6) is 0.277. The van der Waals surface area contributed by atoms with E-state index in [2.05, 4.69) is 10.4 Å². The molecular formula is C18H16ClN3O2. The average Bonchev–Trinajstić information content (AvgIpc) is 3.05. The number of carbonyl (C=O) groups excluding carboxylic acids is 1. The predicted octanol–water partition coefficient (Wildman–Crippen LogP) is 3.85. The summed E-state index contributed by atoms with van der Waals surface area (Å²) in [4.78, 5) is 12.4. The number of ether oxygens (including phenoxy) is 1. The molecule has 0 spiro atoms. The number of methoxy groups -OCH3 is 1. The summed E-state index contributed by atoms with van der Waals surface area (Å²) in [6.45, 7) is 0.606. The van der Waals surface area contributed by atoms with E-state index in [-0.39, 0.29) is 5.91 Å². The molecule has 0 fully saturated rings. The van der Waals surface area contributed by atoms with Gasteiger partial charge < -0.3 is 10.1 Å². The quantitative estimate of drug-likeness (QED) is 0.767. The first kappa shape index (κ1) is 16.1. The molecule has 0 bridgehead atoms. The highest BCUT2D eigenvalue weighted by Gasteiger charge is 2.12. The van der Waals surface area contributed by atoms with E-state index < -0.39 is 0 Å². The Balaban J connectivity index is 1.73. The number of hydrogen-bond acceptors (Lipinski definition) is 3. The zero-order valence-corrected chi connectivity index (χ0v) is 13.8. The first-order valence-corrected chi connectivity index (χ1v) is 7.75. The average molecular weight is 342 g/mol. The van der Waals surface area contributed by atoms with Gasteiger partial charge in [0.25, 0.3) is 5.91 Å². The highest BCUT2D eigenvalue weighted by Crippen LogP contribution is 2.28. The van der Waals surface area contributed by atoms with E-state index in [0.29, 0.717) is 28.6 Å². The third kappa shape index (κ3) is 3.75. The van der Waals surface area contributed by atoms with E-state index in [9.17, 15) is 4.79 Å². The van der Waals surface area contributed by atoms with Crippen LogP contribution in [0.1, 0.15) is 15.9 Å². The van der Waals surface area contributed by atoms with Gasteiger partial charge in [0, 0.05) is 11.2 Å². The fraction of sp³-hybridized carbons (Fsp3) is 0.111. The van der Waals surface area contributed by atoms with Crippen LogP contribution in [0.15, 0.2) is 60.9 Å². The van der Waals surface area contributed by atoms with Crippen LogP contribution in [-0.4, -0.2) is 22.8 Å². The number of anilines is 1. The summed E-state index contributed by atoms with van der Waals surface area (Å²) in [6.07, 6.45) is 3.24. The van der Waals surface area contributed by atoms with Crippen LogP contribution in [0.4, 0.5) is 5.69 Å². The van der Waals surface area contributed by atoms with Crippen LogP contribution >= 0.6 is 11.6 Å². The van der Waals surface area contributed by atoms with Crippen LogP contribution in [0.5, 0.6) is 5.75 Å². The van der Waals surface area contributed by atoms with Crippen molar-refractivity contribution < 1.29 is 9.53 Å². The Hall–Kier alpha value is -2.79. The van der Waals surface area contributed by atoms with Gasteiger partial charge in [-0.1, -0.05) is 41.9 Å². The highest BCUT2D eigenvalue weighted by atomic mass is 35.5. The zero-order valence-electron chi connectivity index (χ0n) is 13.1. The lowest BCUT2D eigenvalue weighted by Gasteiger charge is -2.09. The van der Waals surface area contributed by atoms with E-state index in [4.69, 9.17) is 16.3 Å². The molecule has 6 heteroatoms. The number of nitrogens with zero attached hydrogens (tertiary/aromatic N) is 2. The van der Waals surface area contributed by atoms with Crippen molar-refractivity contribution in [1.29, 1.82) is 0 Å². The molecule has 2 aromatic carbocycles. The molecule has 0 radical (unpaired) electrons. The number of carbonyl (C=O) groups is 1. The van der Waals surface area contributed by atoms with E-state index in [1.54, 1.807) is 29.1 Å². The van der Waals surface area contributed by atoms with Crippen molar-refractivity contribution in [2.24, 2.45) is 0 Å². The van der Waals surface area contributed by atoms with Gasteiger partial charge in [-0.25, -0.2) is 0 Å². The Morgan fingerprint density at radius 1 is 1.25 bits per heavy atom. The third-order valence-electron chi connectivity index (χ3n) is 3.49. The maximum absolute atomic E-state index is 12.4. The first-order valence-electron chi connectivity index (χ1n) is 7.37. The standard InChI is InChI=1S/C18H16ClN3O2/c1-24-17-8-7-15(19)9-16(17)21-18(23)14-10-20-22(12-14)11-13-5-3-2-4-6-13/h2-10,12H,11H2,1H3,(H,21,23). The molecule has 1 amide bonds. The minimum absolute atomic E-state index is 0.269. The van der Waals surface area contributed by atoms with Gasteiger partial charge >= 0.3 is 0 Å². The lowest BCUT2D eigenvalue weighted by Crippen LogP contribution is -2.12. The van der Waals surface area contributed by atoms with Gasteiger partial charge in [0.2, 0.25) is 0 Å². The van der Waals surface area contributed by atoms with Crippen molar-refractivity contribution in [2.45, 2.75) is 6.54 Å². The monoisotopic (exact) mass is 341 g/mol. The SMILES string of the molecule is COc1ccc(Cl)cc1NC(=O)c1cnn(Cc2ccccc2)c1. The summed E-state index contributed by atoms with van der Waals surface area (Å²) in [6, 6.07) is 15.0. The van der Waals surface area contributed by atoms with E-state index in [1.165, 1.54) is 13.3 Å². The fourth-order valence-corrected chi connectivity index (χ4v) is 2.48. The summed E-state index contributed by atoms with van der Waals surface area (Å²) in [5, 5.41) is 7.55. The van der Waals surface area contributed by atoms with Gasteiger partial charge in [-0.2, -0.15) is 5.10 Å². The topological polar surface area (TPSA) is 56.1 Å². The zero-order chi connectivity index (χ0) is 16.9. The molecule has 0 unspecified atom stereocenters. The minimum atomic E-state index is -0.269. The Morgan fingerprint density at radius 3 is 2.79 bits per heavy atom. The minimum Gasteiger partial charge on any atom is -0.495 e. The number of amides is 1. The molecule has 1 heterocycles. The van der Waals surface area contributed by atoms with Crippen molar-refractivity contribution in [3.8, 4) is 5.75 Å². The molecule has 0 atom stereocenters. The van der Waals surface area contributed by atoms with Crippen LogP contribution in [0, 0.1) is 0 Å². The maximum Gasteiger partial charge on any atom is 0.258 e. The van der Waals surface area contributed by atoms with Crippen molar-refractivity contribution >= 4 is 23.2 Å². The summed E-state index contributed by atoms with van der Waals surface area (Å²) < 4.78 is 6.95. The van der Waals surface area contributed by atoms with Crippen LogP contribution in [0.2, 0.25) is 5.02 Å². The smallest absolute Gasteiger partial charge is 0.258 e. The fourth-order valence-electron chi connectivity index (χ4n) is 2.31. The van der Waals surface area contributed by atoms with Crippen LogP contribution in [0.3, 0.4) is 0 Å². The van der Waals surface area contributed by atoms with Crippen LogP contribution < -0.4 is 10.1 Å². The normalized spacial score (nSPS) is 10.4. The number of nitrogens with one attached hydrogen (secondary N) is 1. The molecule has 3 rings (SSSR count). The molecule has 3 aromatic rings. The summed E-state index contributed by atoms with van der Waals surface area (Å²) in [5.41, 5.74) is 2.10. The molecule has 1 N–H and O–H groups in total. The van der Waals surface area contributed by atoms with Crippen molar-refractivity contribution in [3.63, 3.8) is 0 Å². The number of rotatable bonds is 5. The lowest BCUT2D eigenvalue weighted by molar-refractivity contribution is 0.102. The molecule has 0 saturated carbocycles. The van der Waals surface area contributed by atoms with E-state index in [0.717, 1.165) is 5.56 Å². The Morgan fingerprint density at radius 2 is 2.04 bits per heavy atom. The van der Waals surface area contributed by atoms with Gasteiger partial charge in [-0.15, -0.1) is 0 Å². The van der Waals surface area contributed by atoms with Gasteiger partial charge in [0.15, 0.2) is 0 Å². The van der Waals surface area contributed by atoms with Gasteiger partial charge in [0.1, 0.15) is 5.75 Å². The maximum atomic E-state index is 12.4. The lowest BCUT2D eigenvalue weighted by atomic mass is 10.2. The van der Waals surface area contributed by atoms with E-state index >= 15 is 0 Å². The van der Waals surface area contributed by atoms with Gasteiger partial charge in [-0.05, 0) is 23.8 Å². The Kier molecular flexibility index (Phi) is 4.82. The second-order valence-corrected chi connectivity index (χ2v) is 5.65. The second kappa shape index (κ2) is 7.19. The largest absolute Gasteiger partial charge is 0.495 e. The van der Waals surface area contributed by atoms with E-state index in [1.807, 2.05) is 30.3 Å². The molecule has 24 heavy (non-hydrogen) atoms. The molecule has 1 aromatic heterocycles. The molecule has 5 nitrogen and oxygen atoms in total. The summed E-state index contributed by atoms with van der Waals surface area (Å²) in [7, 11) is 1.54. The molecule has 0 aliphatic carbocycles. The number of benzene rings is 2. The molecule has 122 valence electrons. The molecule has 0 aliphatic heterocycles. The number of hydrogen-bond donors (Lipinski definition) is 1. The third-order valence-corrected chi connectivity index (χ3v) is 3.73.